The molecule has 82 valence electrons. The fraction of sp³-hybridized carbons (Fsp3) is 0.583. The number of nitrogens with zero attached hydrogens (tertiary/aromatic N) is 1. The number of nitrogens with two attached hydrogens (primary N) is 1. The summed E-state index contributed by atoms with van der Waals surface area (Å²) in [6.45, 7) is 0. The molecule has 1 heterocycles. The molecule has 1 saturated carbocycles. The van der Waals surface area contributed by atoms with Crippen LogP contribution >= 0.6 is 0 Å². The molecular formula is C12H19N3. The van der Waals surface area contributed by atoms with Crippen LogP contribution in [0, 0.1) is 0 Å². The lowest BCUT2D eigenvalue weighted by atomic mass is 10.1. The first kappa shape index (κ1) is 10.3. The molecule has 15 heavy (non-hydrogen) atoms. The molecule has 3 N–H and O–H groups in total. The van der Waals surface area contributed by atoms with Crippen LogP contribution in [0.25, 0.3) is 0 Å². The summed E-state index contributed by atoms with van der Waals surface area (Å²) in [5, 5.41) is 3.52. The third-order valence-electron chi connectivity index (χ3n) is 3.07. The maximum Gasteiger partial charge on any atom is 0.0736 e. The van der Waals surface area contributed by atoms with Gasteiger partial charge in [0.15, 0.2) is 0 Å². The molecule has 0 amide bonds. The highest BCUT2D eigenvalue weighted by molar-refractivity contribution is 5.64. The molecule has 3 nitrogen and oxygen atoms in total. The Hall–Kier alpha value is -1.25. The Labute approximate surface area is 91.1 Å². The van der Waals surface area contributed by atoms with Crippen LogP contribution in [0.15, 0.2) is 18.5 Å². The van der Waals surface area contributed by atoms with Gasteiger partial charge < -0.3 is 11.1 Å². The van der Waals surface area contributed by atoms with E-state index in [9.17, 15) is 0 Å². The van der Waals surface area contributed by atoms with Gasteiger partial charge in [-0.3, -0.25) is 4.98 Å². The van der Waals surface area contributed by atoms with Crippen molar-refractivity contribution in [2.75, 3.05) is 11.1 Å². The van der Waals surface area contributed by atoms with Crippen LogP contribution in [-0.2, 0) is 0 Å². The summed E-state index contributed by atoms with van der Waals surface area (Å²) in [7, 11) is 0. The van der Waals surface area contributed by atoms with Gasteiger partial charge in [-0.1, -0.05) is 25.7 Å². The Morgan fingerprint density at radius 3 is 2.60 bits per heavy atom. The van der Waals surface area contributed by atoms with Gasteiger partial charge >= 0.3 is 0 Å². The van der Waals surface area contributed by atoms with E-state index in [2.05, 4.69) is 10.3 Å². The zero-order valence-electron chi connectivity index (χ0n) is 9.08. The van der Waals surface area contributed by atoms with E-state index in [1.165, 1.54) is 38.5 Å². The van der Waals surface area contributed by atoms with Gasteiger partial charge in [0, 0.05) is 12.2 Å². The van der Waals surface area contributed by atoms with Gasteiger partial charge in [0.25, 0.3) is 0 Å². The van der Waals surface area contributed by atoms with Crippen molar-refractivity contribution >= 4 is 11.4 Å². The lowest BCUT2D eigenvalue weighted by Crippen LogP contribution is -2.19. The topological polar surface area (TPSA) is 50.9 Å². The first-order valence-corrected chi connectivity index (χ1v) is 5.82. The van der Waals surface area contributed by atoms with Crippen molar-refractivity contribution < 1.29 is 0 Å². The number of pyridine rings is 1. The molecule has 1 fully saturated rings. The van der Waals surface area contributed by atoms with Crippen LogP contribution in [0.5, 0.6) is 0 Å². The monoisotopic (exact) mass is 205 g/mol. The molecule has 1 aliphatic carbocycles. The summed E-state index contributed by atoms with van der Waals surface area (Å²) in [4.78, 5) is 3.99. The van der Waals surface area contributed by atoms with E-state index in [4.69, 9.17) is 5.73 Å². The second-order valence-electron chi connectivity index (χ2n) is 4.30. The van der Waals surface area contributed by atoms with Crippen LogP contribution in [0.2, 0.25) is 0 Å². The van der Waals surface area contributed by atoms with Crippen molar-refractivity contribution in [1.82, 2.24) is 4.98 Å². The van der Waals surface area contributed by atoms with Gasteiger partial charge in [-0.25, -0.2) is 0 Å². The van der Waals surface area contributed by atoms with Crippen molar-refractivity contribution in [2.24, 2.45) is 0 Å². The van der Waals surface area contributed by atoms with Crippen LogP contribution in [-0.4, -0.2) is 11.0 Å². The minimum atomic E-state index is 0.595. The molecule has 1 aromatic rings. The number of anilines is 2. The SMILES string of the molecule is Nc1cnccc1NC1CCCCCC1. The van der Waals surface area contributed by atoms with Gasteiger partial charge in [0.05, 0.1) is 17.6 Å². The number of nitrogens with one attached hydrogen (secondary N) is 1. The summed E-state index contributed by atoms with van der Waals surface area (Å²) in [5.74, 6) is 0. The average molecular weight is 205 g/mol. The Bertz CT molecular complexity index is 303. The highest BCUT2D eigenvalue weighted by Crippen LogP contribution is 2.23. The third-order valence-corrected chi connectivity index (χ3v) is 3.07. The molecular weight excluding hydrogens is 186 g/mol. The molecule has 0 saturated heterocycles. The Kier molecular flexibility index (Phi) is 3.43. The van der Waals surface area contributed by atoms with Gasteiger partial charge in [0.1, 0.15) is 0 Å². The molecule has 0 spiro atoms. The van der Waals surface area contributed by atoms with Gasteiger partial charge in [-0.05, 0) is 18.9 Å². The number of nitrogen functional groups attached to an aromatic ring is 1. The lowest BCUT2D eigenvalue weighted by molar-refractivity contribution is 0.620. The molecule has 1 aliphatic rings. The Morgan fingerprint density at radius 2 is 1.93 bits per heavy atom. The van der Waals surface area contributed by atoms with Crippen molar-refractivity contribution in [3.05, 3.63) is 18.5 Å². The van der Waals surface area contributed by atoms with Crippen molar-refractivity contribution in [2.45, 2.75) is 44.6 Å². The van der Waals surface area contributed by atoms with Gasteiger partial charge in [-0.2, -0.15) is 0 Å². The number of rotatable bonds is 2. The Balaban J connectivity index is 1.98. The zero-order chi connectivity index (χ0) is 10.5. The van der Waals surface area contributed by atoms with E-state index >= 15 is 0 Å². The predicted molar refractivity (Wildman–Crippen MR) is 63.8 cm³/mol. The second kappa shape index (κ2) is 5.01. The standard InChI is InChI=1S/C12H19N3/c13-11-9-14-8-7-12(11)15-10-5-3-1-2-4-6-10/h7-10H,1-6,13H2,(H,14,15). The number of hydrogen-bond acceptors (Lipinski definition) is 3. The van der Waals surface area contributed by atoms with E-state index in [0.717, 1.165) is 11.4 Å². The van der Waals surface area contributed by atoms with Crippen molar-refractivity contribution in [3.63, 3.8) is 0 Å². The maximum absolute atomic E-state index is 5.85. The summed E-state index contributed by atoms with van der Waals surface area (Å²) >= 11 is 0. The van der Waals surface area contributed by atoms with E-state index in [1.54, 1.807) is 12.4 Å². The summed E-state index contributed by atoms with van der Waals surface area (Å²) in [5.41, 5.74) is 7.64. The fourth-order valence-electron chi connectivity index (χ4n) is 2.18. The van der Waals surface area contributed by atoms with E-state index < -0.39 is 0 Å². The van der Waals surface area contributed by atoms with E-state index in [-0.39, 0.29) is 0 Å². The first-order valence-electron chi connectivity index (χ1n) is 5.82. The molecule has 0 aromatic carbocycles. The molecule has 0 radical (unpaired) electrons. The first-order chi connectivity index (χ1) is 7.36. The van der Waals surface area contributed by atoms with Gasteiger partial charge in [-0.15, -0.1) is 0 Å². The molecule has 0 aliphatic heterocycles. The van der Waals surface area contributed by atoms with Crippen LogP contribution < -0.4 is 11.1 Å². The smallest absolute Gasteiger partial charge is 0.0736 e. The lowest BCUT2D eigenvalue weighted by Gasteiger charge is -2.18. The van der Waals surface area contributed by atoms with Crippen LogP contribution in [0.1, 0.15) is 38.5 Å². The minimum Gasteiger partial charge on any atom is -0.396 e. The minimum absolute atomic E-state index is 0.595. The molecule has 0 bridgehead atoms. The normalized spacial score (nSPS) is 18.4. The summed E-state index contributed by atoms with van der Waals surface area (Å²) in [6, 6.07) is 2.55. The second-order valence-corrected chi connectivity index (χ2v) is 4.30. The van der Waals surface area contributed by atoms with E-state index in [0.29, 0.717) is 6.04 Å². The molecule has 3 heteroatoms. The quantitative estimate of drug-likeness (QED) is 0.730. The van der Waals surface area contributed by atoms with Crippen molar-refractivity contribution in [3.8, 4) is 0 Å². The fourth-order valence-corrected chi connectivity index (χ4v) is 2.18. The highest BCUT2D eigenvalue weighted by Gasteiger charge is 2.12. The number of hydrogen-bond donors (Lipinski definition) is 2. The molecule has 1 aromatic heterocycles. The maximum atomic E-state index is 5.85. The van der Waals surface area contributed by atoms with Gasteiger partial charge in [0.2, 0.25) is 0 Å². The Morgan fingerprint density at radius 1 is 1.20 bits per heavy atom. The average Bonchev–Trinajstić information content (AvgIpc) is 2.50. The summed E-state index contributed by atoms with van der Waals surface area (Å²) < 4.78 is 0. The zero-order valence-corrected chi connectivity index (χ0v) is 9.08. The molecule has 2 rings (SSSR count). The summed E-state index contributed by atoms with van der Waals surface area (Å²) in [6.07, 6.45) is 11.5. The highest BCUT2D eigenvalue weighted by atomic mass is 14.9. The third kappa shape index (κ3) is 2.85. The van der Waals surface area contributed by atoms with E-state index in [1.807, 2.05) is 6.07 Å². The number of aromatic nitrogens is 1. The molecule has 0 unspecified atom stereocenters. The van der Waals surface area contributed by atoms with Crippen LogP contribution in [0.4, 0.5) is 11.4 Å². The van der Waals surface area contributed by atoms with Crippen molar-refractivity contribution in [1.29, 1.82) is 0 Å². The largest absolute Gasteiger partial charge is 0.396 e. The molecule has 0 atom stereocenters. The van der Waals surface area contributed by atoms with Crippen LogP contribution in [0.3, 0.4) is 0 Å². The predicted octanol–water partition coefficient (Wildman–Crippen LogP) is 2.80.